The molecule has 0 aliphatic carbocycles. The lowest BCUT2D eigenvalue weighted by Crippen LogP contribution is -2.24. The Labute approximate surface area is 184 Å². The first-order chi connectivity index (χ1) is 14.9. The van der Waals surface area contributed by atoms with Gasteiger partial charge in [0.05, 0.1) is 22.0 Å². The molecule has 0 saturated carbocycles. The van der Waals surface area contributed by atoms with E-state index in [4.69, 9.17) is 9.47 Å². The van der Waals surface area contributed by atoms with Gasteiger partial charge in [0.1, 0.15) is 4.88 Å². The van der Waals surface area contributed by atoms with E-state index < -0.39 is 0 Å². The normalized spacial score (nSPS) is 12.1. The molecule has 8 heteroatoms. The quantitative estimate of drug-likeness (QED) is 0.593. The summed E-state index contributed by atoms with van der Waals surface area (Å²) in [5.41, 5.74) is 2.42. The van der Waals surface area contributed by atoms with Gasteiger partial charge in [0.25, 0.3) is 11.8 Å². The molecule has 0 radical (unpaired) electrons. The van der Waals surface area contributed by atoms with Crippen LogP contribution in [0.15, 0.2) is 42.5 Å². The lowest BCUT2D eigenvalue weighted by atomic mass is 10.1. The Morgan fingerprint density at radius 3 is 2.65 bits per heavy atom. The van der Waals surface area contributed by atoms with E-state index in [0.717, 1.165) is 10.6 Å². The topological polar surface area (TPSA) is 89.6 Å². The maximum atomic E-state index is 12.8. The molecule has 0 atom stereocenters. The number of para-hydroxylation sites is 1. The van der Waals surface area contributed by atoms with Gasteiger partial charge in [0.15, 0.2) is 11.5 Å². The number of rotatable bonds is 6. The summed E-state index contributed by atoms with van der Waals surface area (Å²) in [7, 11) is 0. The Hall–Kier alpha value is -3.39. The number of nitrogens with one attached hydrogen (secondary N) is 2. The van der Waals surface area contributed by atoms with Gasteiger partial charge in [0, 0.05) is 12.5 Å². The minimum Gasteiger partial charge on any atom is -0.454 e. The van der Waals surface area contributed by atoms with Crippen molar-refractivity contribution in [2.75, 3.05) is 12.1 Å². The Bertz CT molecular complexity index is 1140. The van der Waals surface area contributed by atoms with Gasteiger partial charge in [-0.05, 0) is 36.8 Å². The lowest BCUT2D eigenvalue weighted by Gasteiger charge is -2.11. The summed E-state index contributed by atoms with van der Waals surface area (Å²) < 4.78 is 10.7. The molecule has 3 aromatic rings. The van der Waals surface area contributed by atoms with Crippen LogP contribution in [0.5, 0.6) is 11.5 Å². The number of amides is 2. The minimum absolute atomic E-state index is 0.204. The van der Waals surface area contributed by atoms with Crippen LogP contribution in [0, 0.1) is 6.92 Å². The average molecular weight is 438 g/mol. The summed E-state index contributed by atoms with van der Waals surface area (Å²) in [5.74, 6) is 1.07. The zero-order valence-corrected chi connectivity index (χ0v) is 18.3. The molecule has 2 aromatic carbocycles. The Morgan fingerprint density at radius 2 is 1.87 bits per heavy atom. The van der Waals surface area contributed by atoms with Gasteiger partial charge in [-0.1, -0.05) is 32.0 Å². The molecule has 2 N–H and O–H groups in total. The molecule has 0 spiro atoms. The van der Waals surface area contributed by atoms with E-state index >= 15 is 0 Å². The van der Waals surface area contributed by atoms with Crippen LogP contribution in [0.3, 0.4) is 0 Å². The molecule has 2 amide bonds. The van der Waals surface area contributed by atoms with Gasteiger partial charge >= 0.3 is 0 Å². The number of hydrogen-bond donors (Lipinski definition) is 2. The standard InChI is InChI=1S/C23H23N3O4S/c1-13(2)23-25-14(3)20(31-23)22(28)26-17-7-5-4-6-16(17)21(27)24-11-15-8-9-18-19(10-15)30-12-29-18/h4-10,13H,11-12H2,1-3H3,(H,24,27)(H,26,28). The minimum atomic E-state index is -0.280. The van der Waals surface area contributed by atoms with Crippen molar-refractivity contribution < 1.29 is 19.1 Å². The number of hydrogen-bond acceptors (Lipinski definition) is 6. The Morgan fingerprint density at radius 1 is 1.10 bits per heavy atom. The van der Waals surface area contributed by atoms with Crippen LogP contribution in [0.4, 0.5) is 5.69 Å². The maximum absolute atomic E-state index is 12.8. The third kappa shape index (κ3) is 4.54. The van der Waals surface area contributed by atoms with Crippen molar-refractivity contribution >= 4 is 28.8 Å². The third-order valence-electron chi connectivity index (χ3n) is 4.82. The van der Waals surface area contributed by atoms with Crippen molar-refractivity contribution in [3.63, 3.8) is 0 Å². The highest BCUT2D eigenvalue weighted by atomic mass is 32.1. The van der Waals surface area contributed by atoms with Crippen LogP contribution in [0.25, 0.3) is 0 Å². The number of carbonyl (C=O) groups is 2. The number of benzene rings is 2. The van der Waals surface area contributed by atoms with Gasteiger partial charge in [0.2, 0.25) is 6.79 Å². The van der Waals surface area contributed by atoms with E-state index in [1.165, 1.54) is 11.3 Å². The van der Waals surface area contributed by atoms with E-state index in [1.807, 2.05) is 39.0 Å². The fourth-order valence-corrected chi connectivity index (χ4v) is 4.14. The molecular weight excluding hydrogens is 414 g/mol. The molecule has 0 fully saturated rings. The summed E-state index contributed by atoms with van der Waals surface area (Å²) in [5, 5.41) is 6.68. The van der Waals surface area contributed by atoms with E-state index in [2.05, 4.69) is 15.6 Å². The average Bonchev–Trinajstić information content (AvgIpc) is 3.38. The predicted molar refractivity (Wildman–Crippen MR) is 119 cm³/mol. The monoisotopic (exact) mass is 437 g/mol. The maximum Gasteiger partial charge on any atom is 0.267 e. The van der Waals surface area contributed by atoms with E-state index in [9.17, 15) is 9.59 Å². The first kappa shape index (κ1) is 20.9. The van der Waals surface area contributed by atoms with Crippen LogP contribution < -0.4 is 20.1 Å². The Kier molecular flexibility index (Phi) is 5.90. The SMILES string of the molecule is Cc1nc(C(C)C)sc1C(=O)Nc1ccccc1C(=O)NCc1ccc2c(c1)OCO2. The van der Waals surface area contributed by atoms with E-state index in [0.29, 0.717) is 39.9 Å². The highest BCUT2D eigenvalue weighted by molar-refractivity contribution is 7.14. The van der Waals surface area contributed by atoms with Gasteiger partial charge in [-0.2, -0.15) is 0 Å². The molecule has 4 rings (SSSR count). The fraction of sp³-hybridized carbons (Fsp3) is 0.261. The largest absolute Gasteiger partial charge is 0.454 e. The highest BCUT2D eigenvalue weighted by Gasteiger charge is 2.20. The van der Waals surface area contributed by atoms with Crippen LogP contribution in [0.2, 0.25) is 0 Å². The van der Waals surface area contributed by atoms with Crippen molar-refractivity contribution in [1.29, 1.82) is 0 Å². The summed E-state index contributed by atoms with van der Waals surface area (Å²) in [6.07, 6.45) is 0. The first-order valence-electron chi connectivity index (χ1n) is 9.97. The number of fused-ring (bicyclic) bond motifs is 1. The molecule has 1 aliphatic rings. The smallest absolute Gasteiger partial charge is 0.267 e. The van der Waals surface area contributed by atoms with Crippen molar-refractivity contribution in [2.24, 2.45) is 0 Å². The van der Waals surface area contributed by atoms with E-state index in [-0.39, 0.29) is 24.5 Å². The predicted octanol–water partition coefficient (Wildman–Crippen LogP) is 4.49. The van der Waals surface area contributed by atoms with Crippen molar-refractivity contribution in [3.8, 4) is 11.5 Å². The number of nitrogens with zero attached hydrogens (tertiary/aromatic N) is 1. The van der Waals surface area contributed by atoms with Crippen molar-refractivity contribution in [1.82, 2.24) is 10.3 Å². The molecular formula is C23H23N3O4S. The first-order valence-corrected chi connectivity index (χ1v) is 10.8. The van der Waals surface area contributed by atoms with Gasteiger partial charge in [-0.3, -0.25) is 9.59 Å². The number of ether oxygens (including phenoxy) is 2. The molecule has 160 valence electrons. The third-order valence-corrected chi connectivity index (χ3v) is 6.28. The molecule has 7 nitrogen and oxygen atoms in total. The molecule has 0 bridgehead atoms. The summed E-state index contributed by atoms with van der Waals surface area (Å²) >= 11 is 1.38. The van der Waals surface area contributed by atoms with Gasteiger partial charge in [-0.25, -0.2) is 4.98 Å². The van der Waals surface area contributed by atoms with Crippen LogP contribution >= 0.6 is 11.3 Å². The zero-order chi connectivity index (χ0) is 22.0. The lowest BCUT2D eigenvalue weighted by molar-refractivity contribution is 0.0951. The van der Waals surface area contributed by atoms with Gasteiger partial charge in [-0.15, -0.1) is 11.3 Å². The highest BCUT2D eigenvalue weighted by Crippen LogP contribution is 2.32. The zero-order valence-electron chi connectivity index (χ0n) is 17.5. The number of anilines is 1. The number of carbonyl (C=O) groups excluding carboxylic acids is 2. The summed E-state index contributed by atoms with van der Waals surface area (Å²) in [6.45, 7) is 6.43. The molecule has 1 aliphatic heterocycles. The number of aryl methyl sites for hydroxylation is 1. The van der Waals surface area contributed by atoms with Crippen molar-refractivity contribution in [2.45, 2.75) is 33.2 Å². The van der Waals surface area contributed by atoms with Crippen molar-refractivity contribution in [3.05, 3.63) is 69.2 Å². The molecule has 0 unspecified atom stereocenters. The fourth-order valence-electron chi connectivity index (χ4n) is 3.17. The van der Waals surface area contributed by atoms with Crippen LogP contribution in [-0.2, 0) is 6.54 Å². The van der Waals surface area contributed by atoms with Gasteiger partial charge < -0.3 is 20.1 Å². The molecule has 0 saturated heterocycles. The number of thiazole rings is 1. The molecule has 2 heterocycles. The Balaban J connectivity index is 1.46. The second-order valence-electron chi connectivity index (χ2n) is 7.49. The number of aromatic nitrogens is 1. The van der Waals surface area contributed by atoms with Crippen LogP contribution in [0.1, 0.15) is 56.1 Å². The molecule has 31 heavy (non-hydrogen) atoms. The molecule has 1 aromatic heterocycles. The summed E-state index contributed by atoms with van der Waals surface area (Å²) in [4.78, 5) is 30.7. The second-order valence-corrected chi connectivity index (χ2v) is 8.52. The summed E-state index contributed by atoms with van der Waals surface area (Å²) in [6, 6.07) is 12.5. The van der Waals surface area contributed by atoms with Crippen LogP contribution in [-0.4, -0.2) is 23.6 Å². The van der Waals surface area contributed by atoms with E-state index in [1.54, 1.807) is 24.3 Å². The second kappa shape index (κ2) is 8.77.